The molecule has 6 N–H and O–H groups in total. The highest BCUT2D eigenvalue weighted by Gasteiger charge is 2.17. The first kappa shape index (κ1) is 8.36. The van der Waals surface area contributed by atoms with Crippen molar-refractivity contribution >= 4 is 0 Å². The van der Waals surface area contributed by atoms with Crippen LogP contribution in [0.4, 0.5) is 0 Å². The quantitative estimate of drug-likeness (QED) is 0.288. The largest absolute Gasteiger partial charge is 0.243 e. The maximum Gasteiger partial charge on any atom is 0.0365 e. The van der Waals surface area contributed by atoms with Gasteiger partial charge in [0.25, 0.3) is 0 Å². The van der Waals surface area contributed by atoms with Crippen LogP contribution in [0, 0.1) is 0 Å². The van der Waals surface area contributed by atoms with E-state index in [-0.39, 0.29) is 0 Å². The Labute approximate surface area is 71.7 Å². The van der Waals surface area contributed by atoms with Gasteiger partial charge in [-0.3, -0.25) is 0 Å². The maximum absolute atomic E-state index is 3.15. The molecule has 2 fully saturated rings. The Kier molecular flexibility index (Phi) is 2.88. The molecule has 2 rings (SSSR count). The summed E-state index contributed by atoms with van der Waals surface area (Å²) in [6, 6.07) is 1.12. The summed E-state index contributed by atoms with van der Waals surface area (Å²) in [5.41, 5.74) is 18.2. The van der Waals surface area contributed by atoms with Gasteiger partial charge in [-0.05, 0) is 12.8 Å². The third-order valence-corrected chi connectivity index (χ3v) is 2.29. The minimum Gasteiger partial charge on any atom is -0.243 e. The number of rotatable bonds is 3. The van der Waals surface area contributed by atoms with E-state index in [1.807, 2.05) is 0 Å². The van der Waals surface area contributed by atoms with E-state index >= 15 is 0 Å². The number of hydrogen-bond donors (Lipinski definition) is 6. The Morgan fingerprint density at radius 3 is 1.67 bits per heavy atom. The molecule has 6 nitrogen and oxygen atoms in total. The molecule has 0 aromatic carbocycles. The number of hydrazine groups is 4. The Bertz CT molecular complexity index is 112. The smallest absolute Gasteiger partial charge is 0.0365 e. The van der Waals surface area contributed by atoms with Gasteiger partial charge in [0.05, 0.1) is 0 Å². The molecule has 2 aliphatic rings. The molecule has 0 bridgehead atoms. The summed E-state index contributed by atoms with van der Waals surface area (Å²) < 4.78 is 0. The SMILES string of the molecule is C(CC1CNNN1)C1CNNN1. The van der Waals surface area contributed by atoms with E-state index in [0.717, 1.165) is 13.1 Å². The van der Waals surface area contributed by atoms with Crippen molar-refractivity contribution in [3.8, 4) is 0 Å². The van der Waals surface area contributed by atoms with Crippen LogP contribution < -0.4 is 32.8 Å². The minimum absolute atomic E-state index is 0.562. The Morgan fingerprint density at radius 2 is 1.33 bits per heavy atom. The Hall–Kier alpha value is -0.240. The van der Waals surface area contributed by atoms with Gasteiger partial charge in [0.2, 0.25) is 0 Å². The molecule has 2 heterocycles. The summed E-state index contributed by atoms with van der Waals surface area (Å²) in [5.74, 6) is 0. The normalized spacial score (nSPS) is 36.0. The van der Waals surface area contributed by atoms with E-state index in [4.69, 9.17) is 0 Å². The van der Waals surface area contributed by atoms with Crippen LogP contribution in [-0.4, -0.2) is 25.2 Å². The molecular formula is C6H16N6. The van der Waals surface area contributed by atoms with E-state index < -0.39 is 0 Å². The predicted octanol–water partition coefficient (Wildman–Crippen LogP) is -2.27. The van der Waals surface area contributed by atoms with Crippen LogP contribution in [0.5, 0.6) is 0 Å². The molecule has 0 spiro atoms. The maximum atomic E-state index is 3.15. The van der Waals surface area contributed by atoms with Crippen LogP contribution in [0.15, 0.2) is 0 Å². The van der Waals surface area contributed by atoms with Crippen molar-refractivity contribution in [3.05, 3.63) is 0 Å². The van der Waals surface area contributed by atoms with Gasteiger partial charge < -0.3 is 0 Å². The highest BCUT2D eigenvalue weighted by atomic mass is 15.6. The lowest BCUT2D eigenvalue weighted by Crippen LogP contribution is -2.36. The highest BCUT2D eigenvalue weighted by Crippen LogP contribution is 2.02. The first-order valence-corrected chi connectivity index (χ1v) is 4.42. The highest BCUT2D eigenvalue weighted by molar-refractivity contribution is 4.77. The van der Waals surface area contributed by atoms with Crippen molar-refractivity contribution in [2.24, 2.45) is 0 Å². The zero-order valence-electron chi connectivity index (χ0n) is 6.98. The fourth-order valence-electron chi connectivity index (χ4n) is 1.51. The molecule has 0 aromatic rings. The monoisotopic (exact) mass is 172 g/mol. The van der Waals surface area contributed by atoms with Crippen LogP contribution >= 0.6 is 0 Å². The molecule has 0 amide bonds. The third kappa shape index (κ3) is 2.13. The van der Waals surface area contributed by atoms with Gasteiger partial charge in [-0.2, -0.15) is 11.1 Å². The molecule has 0 aliphatic carbocycles. The first-order valence-electron chi connectivity index (χ1n) is 4.42. The van der Waals surface area contributed by atoms with E-state index in [2.05, 4.69) is 32.8 Å². The van der Waals surface area contributed by atoms with Gasteiger partial charge in [0.1, 0.15) is 0 Å². The van der Waals surface area contributed by atoms with Gasteiger partial charge >= 0.3 is 0 Å². The summed E-state index contributed by atoms with van der Waals surface area (Å²) in [7, 11) is 0. The summed E-state index contributed by atoms with van der Waals surface area (Å²) in [6.07, 6.45) is 2.36. The second-order valence-corrected chi connectivity index (χ2v) is 3.27. The van der Waals surface area contributed by atoms with Crippen LogP contribution in [-0.2, 0) is 0 Å². The summed E-state index contributed by atoms with van der Waals surface area (Å²) in [5, 5.41) is 0. The summed E-state index contributed by atoms with van der Waals surface area (Å²) in [6.45, 7) is 2.02. The van der Waals surface area contributed by atoms with Crippen molar-refractivity contribution in [1.82, 2.24) is 32.8 Å². The Morgan fingerprint density at radius 1 is 0.833 bits per heavy atom. The third-order valence-electron chi connectivity index (χ3n) is 2.29. The Balaban J connectivity index is 1.60. The van der Waals surface area contributed by atoms with Crippen LogP contribution in [0.2, 0.25) is 0 Å². The molecule has 2 aliphatic heterocycles. The van der Waals surface area contributed by atoms with Gasteiger partial charge in [-0.15, -0.1) is 0 Å². The number of nitrogens with one attached hydrogen (secondary N) is 6. The van der Waals surface area contributed by atoms with Crippen molar-refractivity contribution < 1.29 is 0 Å². The van der Waals surface area contributed by atoms with Gasteiger partial charge in [0.15, 0.2) is 0 Å². The lowest BCUT2D eigenvalue weighted by Gasteiger charge is -2.11. The molecule has 0 aromatic heterocycles. The van der Waals surface area contributed by atoms with E-state index in [1.165, 1.54) is 12.8 Å². The molecule has 6 heteroatoms. The molecule has 2 unspecified atom stereocenters. The predicted molar refractivity (Wildman–Crippen MR) is 45.4 cm³/mol. The fraction of sp³-hybridized carbons (Fsp3) is 1.00. The molecule has 0 radical (unpaired) electrons. The molecule has 0 saturated carbocycles. The van der Waals surface area contributed by atoms with Crippen LogP contribution in [0.1, 0.15) is 12.8 Å². The van der Waals surface area contributed by atoms with Crippen LogP contribution in [0.25, 0.3) is 0 Å². The lowest BCUT2D eigenvalue weighted by atomic mass is 10.1. The average molecular weight is 172 g/mol. The van der Waals surface area contributed by atoms with Gasteiger partial charge in [0, 0.05) is 25.2 Å². The fourth-order valence-corrected chi connectivity index (χ4v) is 1.51. The van der Waals surface area contributed by atoms with E-state index in [0.29, 0.717) is 12.1 Å². The first-order chi connectivity index (χ1) is 5.95. The van der Waals surface area contributed by atoms with Crippen molar-refractivity contribution in [1.29, 1.82) is 0 Å². The van der Waals surface area contributed by atoms with Crippen LogP contribution in [0.3, 0.4) is 0 Å². The summed E-state index contributed by atoms with van der Waals surface area (Å²) in [4.78, 5) is 0. The average Bonchev–Trinajstić information content (AvgIpc) is 2.74. The van der Waals surface area contributed by atoms with E-state index in [1.54, 1.807) is 0 Å². The second-order valence-electron chi connectivity index (χ2n) is 3.27. The zero-order chi connectivity index (χ0) is 8.23. The van der Waals surface area contributed by atoms with E-state index in [9.17, 15) is 0 Å². The molecule has 2 atom stereocenters. The zero-order valence-corrected chi connectivity index (χ0v) is 6.98. The van der Waals surface area contributed by atoms with Crippen molar-refractivity contribution in [2.45, 2.75) is 24.9 Å². The second kappa shape index (κ2) is 4.13. The molecular weight excluding hydrogens is 156 g/mol. The van der Waals surface area contributed by atoms with Crippen molar-refractivity contribution in [3.63, 3.8) is 0 Å². The topological polar surface area (TPSA) is 72.2 Å². The van der Waals surface area contributed by atoms with Gasteiger partial charge in [-0.25, -0.2) is 21.7 Å². The molecule has 12 heavy (non-hydrogen) atoms. The lowest BCUT2D eigenvalue weighted by molar-refractivity contribution is 0.454. The molecule has 2 saturated heterocycles. The van der Waals surface area contributed by atoms with Gasteiger partial charge in [-0.1, -0.05) is 0 Å². The minimum atomic E-state index is 0.562. The summed E-state index contributed by atoms with van der Waals surface area (Å²) >= 11 is 0. The standard InChI is InChI=1S/C6H16N6/c1(5-3-7-11-9-5)2-6-4-8-12-10-6/h5-12H,1-4H2. The molecule has 70 valence electrons. The van der Waals surface area contributed by atoms with Crippen molar-refractivity contribution in [2.75, 3.05) is 13.1 Å². The number of hydrogen-bond acceptors (Lipinski definition) is 6.